The fourth-order valence-corrected chi connectivity index (χ4v) is 11.9. The van der Waals surface area contributed by atoms with Crippen molar-refractivity contribution in [3.8, 4) is 17.2 Å². The average molecular weight is 1050 g/mol. The Morgan fingerprint density at radius 3 is 1.95 bits per heavy atom. The molecule has 404 valence electrons. The lowest BCUT2D eigenvalue weighted by Crippen LogP contribution is -2.66. The maximum absolute atomic E-state index is 14.7. The van der Waals surface area contributed by atoms with E-state index in [1.165, 1.54) is 55.4 Å². The van der Waals surface area contributed by atoms with E-state index in [0.29, 0.717) is 60.7 Å². The standard InChI is InChI=1S/C38H46O9.C21H25NO.H2O4S/c1-21(2)11-10-18-36(8)19-17-24-29(39)28-30(40)26-12-9-13-27-35(6,7)47-37(34(43)44,20-16-23(5)33(41)42)38(26,27)46-32(28)25(31(24)45-36)15-14-22(3)4;1-22-18-12-13-19(22)15-20(14-18)23-21(16-8-4-2-5-9-16)17-10-6-3-7-11-17;1-5(2,3)4/h11-12,14,16-17,19,27,39H,9-10,13,15,18,20H2,1-8H3,(H,41,42)(H,43,44);2-11,18-21H,12-15H2,1H3;(H2,1,2,3,4). The van der Waals surface area contributed by atoms with Gasteiger partial charge in [0.25, 0.3) is 0 Å². The first-order chi connectivity index (χ1) is 35.2. The highest BCUT2D eigenvalue weighted by atomic mass is 32.3. The molecule has 1 spiro atoms. The minimum Gasteiger partial charge on any atom is -0.506 e. The van der Waals surface area contributed by atoms with Crippen LogP contribution in [0, 0.1) is 5.92 Å². The first-order valence-electron chi connectivity index (χ1n) is 25.7. The molecule has 3 aromatic carbocycles. The van der Waals surface area contributed by atoms with E-state index >= 15 is 0 Å². The van der Waals surface area contributed by atoms with Crippen LogP contribution in [-0.2, 0) is 35.9 Å². The molecule has 2 bridgehead atoms. The van der Waals surface area contributed by atoms with Gasteiger partial charge in [0.2, 0.25) is 5.60 Å². The van der Waals surface area contributed by atoms with Crippen LogP contribution >= 0.6 is 0 Å². The van der Waals surface area contributed by atoms with Crippen molar-refractivity contribution in [3.63, 3.8) is 0 Å². The molecule has 3 saturated heterocycles. The van der Waals surface area contributed by atoms with Gasteiger partial charge in [-0.1, -0.05) is 96.1 Å². The second-order valence-electron chi connectivity index (χ2n) is 21.9. The number of rotatable bonds is 13. The molecule has 15 nitrogen and oxygen atoms in total. The molecule has 0 saturated carbocycles. The Balaban J connectivity index is 0.000000241. The van der Waals surface area contributed by atoms with Gasteiger partial charge in [-0.25, -0.2) is 9.59 Å². The zero-order chi connectivity index (χ0) is 54.8. The lowest BCUT2D eigenvalue weighted by molar-refractivity contribution is -0.184. The number of allylic oxidation sites excluding steroid dienone is 5. The maximum Gasteiger partial charge on any atom is 0.394 e. The van der Waals surface area contributed by atoms with Crippen molar-refractivity contribution in [2.24, 2.45) is 5.92 Å². The molecule has 16 heteroatoms. The number of ketones is 1. The number of hydrogen-bond donors (Lipinski definition) is 5. The van der Waals surface area contributed by atoms with Crippen LogP contribution < -0.4 is 9.47 Å². The van der Waals surface area contributed by atoms with Crippen molar-refractivity contribution in [1.82, 2.24) is 4.90 Å². The minimum absolute atomic E-state index is 0.0407. The molecule has 75 heavy (non-hydrogen) atoms. The Hall–Kier alpha value is -5.88. The van der Waals surface area contributed by atoms with E-state index in [9.17, 15) is 29.7 Å². The molecule has 6 unspecified atom stereocenters. The van der Waals surface area contributed by atoms with E-state index in [1.807, 2.05) is 46.8 Å². The molecule has 6 aliphatic rings. The summed E-state index contributed by atoms with van der Waals surface area (Å²) in [6.45, 7) is 14.9. The lowest BCUT2D eigenvalue weighted by Gasteiger charge is -2.50. The summed E-state index contributed by atoms with van der Waals surface area (Å²) in [6.07, 6.45) is 18.5. The summed E-state index contributed by atoms with van der Waals surface area (Å²) < 4.78 is 58.5. The summed E-state index contributed by atoms with van der Waals surface area (Å²) in [6, 6.07) is 22.7. The molecular weight excluding hydrogens is 979 g/mol. The monoisotopic (exact) mass is 1050 g/mol. The highest BCUT2D eigenvalue weighted by Crippen LogP contribution is 2.64. The third-order valence-electron chi connectivity index (χ3n) is 15.6. The van der Waals surface area contributed by atoms with Gasteiger partial charge in [0.05, 0.1) is 17.3 Å². The van der Waals surface area contributed by atoms with E-state index in [-0.39, 0.29) is 40.7 Å². The number of carboxylic acid groups (broad SMARTS) is 2. The zero-order valence-corrected chi connectivity index (χ0v) is 45.3. The Morgan fingerprint density at radius 1 is 0.840 bits per heavy atom. The first kappa shape index (κ1) is 56.8. The number of carbonyl (C=O) groups excluding carboxylic acids is 1. The summed E-state index contributed by atoms with van der Waals surface area (Å²) in [4.78, 5) is 42.6. The summed E-state index contributed by atoms with van der Waals surface area (Å²) in [5.74, 6) is -3.53. The molecule has 5 aliphatic heterocycles. The number of fused-ring (bicyclic) bond motifs is 4. The number of aliphatic carboxylic acids is 2. The molecule has 0 aromatic heterocycles. The molecule has 5 N–H and O–H groups in total. The van der Waals surface area contributed by atoms with Crippen LogP contribution in [0.5, 0.6) is 17.2 Å². The number of ether oxygens (including phenoxy) is 4. The number of carboxylic acids is 2. The first-order valence-corrected chi connectivity index (χ1v) is 27.1. The van der Waals surface area contributed by atoms with Gasteiger partial charge < -0.3 is 39.2 Å². The van der Waals surface area contributed by atoms with Crippen LogP contribution in [-0.4, -0.2) is 103 Å². The molecule has 0 radical (unpaired) electrons. The minimum atomic E-state index is -4.67. The molecule has 1 aliphatic carbocycles. The number of Topliss-reactive ketones (excluding diaryl/α,β-unsaturated/α-hetero) is 1. The molecular formula is C59H73NO14S. The largest absolute Gasteiger partial charge is 0.506 e. The number of piperidine rings is 1. The number of hydrogen-bond acceptors (Lipinski definition) is 11. The Kier molecular flexibility index (Phi) is 17.0. The van der Waals surface area contributed by atoms with Crippen LogP contribution in [0.1, 0.15) is 152 Å². The summed E-state index contributed by atoms with van der Waals surface area (Å²) in [5.41, 5.74) is -0.159. The highest BCUT2D eigenvalue weighted by Gasteiger charge is 2.77. The fourth-order valence-electron chi connectivity index (χ4n) is 11.9. The lowest BCUT2D eigenvalue weighted by atomic mass is 9.60. The van der Waals surface area contributed by atoms with Crippen molar-refractivity contribution in [3.05, 3.63) is 141 Å². The van der Waals surface area contributed by atoms with E-state index in [4.69, 9.17) is 36.5 Å². The Morgan fingerprint density at radius 2 is 1.41 bits per heavy atom. The number of aromatic hydroxyl groups is 1. The van der Waals surface area contributed by atoms with Gasteiger partial charge in [0.1, 0.15) is 34.5 Å². The SMILES string of the molecule is CC(C)=CCCC1(C)C=Cc2c(O)c3c(c(CC=C(C)C)c2O1)OC12C(=CCCC1C(C)(C)OC2(CC=C(C)C(=O)O)C(=O)O)C3=O.CN1C2CCC1CC(OC(c1ccccc1)c1ccccc1)C2.O=S(=O)(O)O. The van der Waals surface area contributed by atoms with Gasteiger partial charge in [-0.3, -0.25) is 13.9 Å². The Labute approximate surface area is 441 Å². The van der Waals surface area contributed by atoms with Crippen LogP contribution in [0.3, 0.4) is 0 Å². The molecule has 3 fully saturated rings. The van der Waals surface area contributed by atoms with Crippen LogP contribution in [0.15, 0.2) is 113 Å². The van der Waals surface area contributed by atoms with Gasteiger partial charge in [-0.2, -0.15) is 8.42 Å². The molecule has 5 heterocycles. The average Bonchev–Trinajstić information content (AvgIpc) is 3.66. The molecule has 6 atom stereocenters. The van der Waals surface area contributed by atoms with Crippen molar-refractivity contribution in [1.29, 1.82) is 0 Å². The normalized spacial score (nSPS) is 27.0. The van der Waals surface area contributed by atoms with Gasteiger partial charge in [-0.05, 0) is 144 Å². The number of benzene rings is 3. The van der Waals surface area contributed by atoms with Crippen molar-refractivity contribution in [2.75, 3.05) is 7.05 Å². The molecule has 3 aromatic rings. The maximum atomic E-state index is 14.7. The molecule has 0 amide bonds. The van der Waals surface area contributed by atoms with Crippen molar-refractivity contribution < 1.29 is 66.2 Å². The van der Waals surface area contributed by atoms with Gasteiger partial charge in [-0.15, -0.1) is 0 Å². The predicted molar refractivity (Wildman–Crippen MR) is 286 cm³/mol. The van der Waals surface area contributed by atoms with Gasteiger partial charge >= 0.3 is 22.3 Å². The van der Waals surface area contributed by atoms with E-state index < -0.39 is 56.4 Å². The summed E-state index contributed by atoms with van der Waals surface area (Å²) >= 11 is 0. The smallest absolute Gasteiger partial charge is 0.394 e. The summed E-state index contributed by atoms with van der Waals surface area (Å²) in [7, 11) is -2.38. The zero-order valence-electron chi connectivity index (χ0n) is 44.5. The van der Waals surface area contributed by atoms with E-state index in [0.717, 1.165) is 12.0 Å². The quantitative estimate of drug-likeness (QED) is 0.0609. The van der Waals surface area contributed by atoms with Crippen molar-refractivity contribution >= 4 is 34.2 Å². The van der Waals surface area contributed by atoms with E-state index in [1.54, 1.807) is 26.0 Å². The van der Waals surface area contributed by atoms with Gasteiger partial charge in [0.15, 0.2) is 11.4 Å². The third-order valence-corrected chi connectivity index (χ3v) is 15.6. The number of carbonyl (C=O) groups is 3. The predicted octanol–water partition coefficient (Wildman–Crippen LogP) is 11.3. The Bertz CT molecular complexity index is 2850. The second kappa shape index (κ2) is 22.4. The highest BCUT2D eigenvalue weighted by molar-refractivity contribution is 7.79. The second-order valence-corrected chi connectivity index (χ2v) is 22.8. The van der Waals surface area contributed by atoms with Crippen molar-refractivity contribution in [2.45, 2.75) is 166 Å². The van der Waals surface area contributed by atoms with E-state index in [2.05, 4.69) is 78.7 Å². The van der Waals surface area contributed by atoms with Gasteiger partial charge in [0, 0.05) is 41.1 Å². The van der Waals surface area contributed by atoms with Crippen LogP contribution in [0.2, 0.25) is 0 Å². The third kappa shape index (κ3) is 11.9. The number of phenols is 1. The fraction of sp³-hybridized carbons (Fsp3) is 0.475. The summed E-state index contributed by atoms with van der Waals surface area (Å²) in [5, 5.41) is 32.4. The number of phenolic OH excluding ortho intramolecular Hbond substituents is 1. The number of nitrogens with zero attached hydrogens (tertiary/aromatic N) is 1. The van der Waals surface area contributed by atoms with Crippen LogP contribution in [0.4, 0.5) is 0 Å². The molecule has 9 rings (SSSR count). The topological polar surface area (TPSA) is 227 Å². The van der Waals surface area contributed by atoms with Crippen LogP contribution in [0.25, 0.3) is 6.08 Å².